The van der Waals surface area contributed by atoms with Crippen molar-refractivity contribution in [2.24, 2.45) is 0 Å². The van der Waals surface area contributed by atoms with E-state index >= 15 is 0 Å². The van der Waals surface area contributed by atoms with Gasteiger partial charge in [-0.25, -0.2) is 18.9 Å². The molecule has 0 radical (unpaired) electrons. The van der Waals surface area contributed by atoms with Crippen molar-refractivity contribution in [3.05, 3.63) is 48.7 Å². The number of nitrogens with one attached hydrogen (secondary N) is 1. The lowest BCUT2D eigenvalue weighted by molar-refractivity contribution is 0.207. The number of aromatic nitrogens is 1. The van der Waals surface area contributed by atoms with E-state index in [0.29, 0.717) is 17.9 Å². The number of ether oxygens (including phenoxy) is 1. The summed E-state index contributed by atoms with van der Waals surface area (Å²) in [6.45, 7) is 2.63. The van der Waals surface area contributed by atoms with Gasteiger partial charge in [-0.2, -0.15) is 0 Å². The summed E-state index contributed by atoms with van der Waals surface area (Å²) in [5, 5.41) is 2.75. The van der Waals surface area contributed by atoms with Crippen molar-refractivity contribution < 1.29 is 14.3 Å². The van der Waals surface area contributed by atoms with Gasteiger partial charge in [0.1, 0.15) is 0 Å². The van der Waals surface area contributed by atoms with Crippen LogP contribution in [0.25, 0.3) is 0 Å². The first kappa shape index (κ1) is 19.6. The summed E-state index contributed by atoms with van der Waals surface area (Å²) >= 11 is 4.17. The number of unbranched alkanes of at least 4 members (excludes halogenated alkanes) is 1. The van der Waals surface area contributed by atoms with Crippen LogP contribution in [-0.4, -0.2) is 30.7 Å². The van der Waals surface area contributed by atoms with Gasteiger partial charge in [0.25, 0.3) is 0 Å². The Kier molecular flexibility index (Phi) is 7.28. The summed E-state index contributed by atoms with van der Waals surface area (Å²) in [7, 11) is 1.61. The molecule has 0 spiro atoms. The van der Waals surface area contributed by atoms with Crippen molar-refractivity contribution in [2.75, 3.05) is 22.8 Å². The van der Waals surface area contributed by atoms with Crippen LogP contribution in [0.1, 0.15) is 19.8 Å². The van der Waals surface area contributed by atoms with Crippen LogP contribution in [0.15, 0.2) is 48.7 Å². The number of thiol groups is 1. The quantitative estimate of drug-likeness (QED) is 0.594. The number of carbonyl (C=O) groups is 2. The van der Waals surface area contributed by atoms with Crippen LogP contribution in [0.3, 0.4) is 0 Å². The topological polar surface area (TPSA) is 74.8 Å². The number of para-hydroxylation sites is 1. The summed E-state index contributed by atoms with van der Waals surface area (Å²) in [5.74, 6) is 0.134. The highest BCUT2D eigenvalue weighted by molar-refractivity contribution is 7.82. The van der Waals surface area contributed by atoms with Gasteiger partial charge in [-0.3, -0.25) is 4.90 Å². The Morgan fingerprint density at radius 3 is 2.50 bits per heavy atom. The summed E-state index contributed by atoms with van der Waals surface area (Å²) < 4.78 is 6.39. The summed E-state index contributed by atoms with van der Waals surface area (Å²) in [4.78, 5) is 29.5. The molecule has 2 aromatic rings. The molecule has 1 heterocycles. The standard InChI is InChI=1S/C18H22N4O3S/c1-3-4-12-19-17(23)22(26)15-10-11-16(20-13-15)25-18(24)21(2)14-8-6-5-7-9-14/h5-11,13,26H,3-4,12H2,1-2H3,(H,19,23). The average molecular weight is 374 g/mol. The van der Waals surface area contributed by atoms with E-state index in [9.17, 15) is 9.59 Å². The minimum Gasteiger partial charge on any atom is -0.391 e. The van der Waals surface area contributed by atoms with E-state index in [-0.39, 0.29) is 11.9 Å². The van der Waals surface area contributed by atoms with Gasteiger partial charge >= 0.3 is 12.1 Å². The summed E-state index contributed by atoms with van der Waals surface area (Å²) in [6, 6.07) is 11.9. The zero-order valence-corrected chi connectivity index (χ0v) is 15.6. The van der Waals surface area contributed by atoms with Crippen LogP contribution < -0.4 is 19.3 Å². The summed E-state index contributed by atoms with van der Waals surface area (Å²) in [6.07, 6.45) is 2.75. The molecule has 0 aliphatic carbocycles. The molecule has 1 aromatic carbocycles. The van der Waals surface area contributed by atoms with Crippen molar-refractivity contribution in [1.29, 1.82) is 0 Å². The summed E-state index contributed by atoms with van der Waals surface area (Å²) in [5.41, 5.74) is 1.18. The lowest BCUT2D eigenvalue weighted by Gasteiger charge is -2.18. The molecular formula is C18H22N4O3S. The van der Waals surface area contributed by atoms with Gasteiger partial charge < -0.3 is 10.1 Å². The molecule has 2 rings (SSSR count). The third kappa shape index (κ3) is 5.38. The zero-order valence-electron chi connectivity index (χ0n) is 14.8. The number of pyridine rings is 1. The van der Waals surface area contributed by atoms with E-state index < -0.39 is 6.09 Å². The Morgan fingerprint density at radius 1 is 1.15 bits per heavy atom. The van der Waals surface area contributed by atoms with E-state index in [1.807, 2.05) is 25.1 Å². The predicted molar refractivity (Wildman–Crippen MR) is 105 cm³/mol. The second-order valence-electron chi connectivity index (χ2n) is 5.51. The van der Waals surface area contributed by atoms with Crippen molar-refractivity contribution in [2.45, 2.75) is 19.8 Å². The van der Waals surface area contributed by atoms with Crippen molar-refractivity contribution >= 4 is 36.3 Å². The van der Waals surface area contributed by atoms with Gasteiger partial charge in [-0.15, -0.1) is 0 Å². The SMILES string of the molecule is CCCCNC(=O)N(S)c1ccc(OC(=O)N(C)c2ccccc2)nc1. The third-order valence-electron chi connectivity index (χ3n) is 3.57. The molecule has 0 atom stereocenters. The highest BCUT2D eigenvalue weighted by Crippen LogP contribution is 2.19. The minimum absolute atomic E-state index is 0.134. The fraction of sp³-hybridized carbons (Fsp3) is 0.278. The molecule has 1 aromatic heterocycles. The first-order valence-corrected chi connectivity index (χ1v) is 8.66. The maximum atomic E-state index is 12.2. The Balaban J connectivity index is 1.94. The monoisotopic (exact) mass is 374 g/mol. The Morgan fingerprint density at radius 2 is 1.88 bits per heavy atom. The van der Waals surface area contributed by atoms with Crippen LogP contribution >= 0.6 is 12.8 Å². The van der Waals surface area contributed by atoms with Gasteiger partial charge in [0.15, 0.2) is 0 Å². The molecule has 0 fully saturated rings. The maximum absolute atomic E-state index is 12.2. The predicted octanol–water partition coefficient (Wildman–Crippen LogP) is 3.88. The van der Waals surface area contributed by atoms with Crippen molar-refractivity contribution in [1.82, 2.24) is 10.3 Å². The normalized spacial score (nSPS) is 10.1. The molecule has 138 valence electrons. The Bertz CT molecular complexity index is 725. The Hall–Kier alpha value is -2.74. The number of hydrogen-bond donors (Lipinski definition) is 2. The molecule has 26 heavy (non-hydrogen) atoms. The molecular weight excluding hydrogens is 352 g/mol. The van der Waals surface area contributed by atoms with E-state index in [0.717, 1.165) is 17.1 Å². The number of anilines is 2. The molecule has 0 saturated carbocycles. The fourth-order valence-electron chi connectivity index (χ4n) is 2.04. The van der Waals surface area contributed by atoms with Gasteiger partial charge in [-0.05, 0) is 24.6 Å². The smallest absolute Gasteiger partial charge is 0.391 e. The molecule has 0 bridgehead atoms. The van der Waals surface area contributed by atoms with Crippen LogP contribution in [0, 0.1) is 0 Å². The number of hydrogen-bond acceptors (Lipinski definition) is 5. The van der Waals surface area contributed by atoms with Crippen LogP contribution in [0.4, 0.5) is 21.0 Å². The van der Waals surface area contributed by atoms with Gasteiger partial charge in [0, 0.05) is 25.3 Å². The molecule has 0 aliphatic rings. The molecule has 8 heteroatoms. The van der Waals surface area contributed by atoms with Crippen LogP contribution in [-0.2, 0) is 0 Å². The van der Waals surface area contributed by atoms with Gasteiger partial charge in [0.2, 0.25) is 5.88 Å². The van der Waals surface area contributed by atoms with E-state index in [4.69, 9.17) is 4.74 Å². The number of amides is 3. The van der Waals surface area contributed by atoms with Crippen LogP contribution in [0.2, 0.25) is 0 Å². The molecule has 7 nitrogen and oxygen atoms in total. The highest BCUT2D eigenvalue weighted by Gasteiger charge is 2.15. The minimum atomic E-state index is -0.559. The average Bonchev–Trinajstić information content (AvgIpc) is 2.68. The number of rotatable bonds is 6. The number of nitrogens with zero attached hydrogens (tertiary/aromatic N) is 3. The zero-order chi connectivity index (χ0) is 18.9. The Labute approximate surface area is 158 Å². The number of urea groups is 1. The third-order valence-corrected chi connectivity index (χ3v) is 3.99. The van der Waals surface area contributed by atoms with E-state index in [1.165, 1.54) is 17.2 Å². The number of carbonyl (C=O) groups excluding carboxylic acids is 2. The first-order chi connectivity index (χ1) is 12.5. The van der Waals surface area contributed by atoms with Crippen molar-refractivity contribution in [3.63, 3.8) is 0 Å². The van der Waals surface area contributed by atoms with Crippen LogP contribution in [0.5, 0.6) is 5.88 Å². The maximum Gasteiger partial charge on any atom is 0.420 e. The molecule has 0 saturated heterocycles. The van der Waals surface area contributed by atoms with E-state index in [1.54, 1.807) is 25.2 Å². The largest absolute Gasteiger partial charge is 0.420 e. The molecule has 3 amide bonds. The first-order valence-electron chi connectivity index (χ1n) is 8.26. The lowest BCUT2D eigenvalue weighted by atomic mass is 10.3. The molecule has 0 aliphatic heterocycles. The second kappa shape index (κ2) is 9.67. The van der Waals surface area contributed by atoms with Crippen molar-refractivity contribution in [3.8, 4) is 5.88 Å². The molecule has 0 unspecified atom stereocenters. The number of benzene rings is 1. The molecule has 1 N–H and O–H groups in total. The second-order valence-corrected chi connectivity index (χ2v) is 5.91. The highest BCUT2D eigenvalue weighted by atomic mass is 32.1. The lowest BCUT2D eigenvalue weighted by Crippen LogP contribution is -2.34. The van der Waals surface area contributed by atoms with Gasteiger partial charge in [-0.1, -0.05) is 44.4 Å². The van der Waals surface area contributed by atoms with Gasteiger partial charge in [0.05, 0.1) is 11.9 Å². The fourth-order valence-corrected chi connectivity index (χ4v) is 2.23. The van der Waals surface area contributed by atoms with E-state index in [2.05, 4.69) is 23.1 Å².